The minimum atomic E-state index is -0.709. The summed E-state index contributed by atoms with van der Waals surface area (Å²) in [7, 11) is 0. The number of hydrogen-bond donors (Lipinski definition) is 2. The van der Waals surface area contributed by atoms with Crippen molar-refractivity contribution in [3.8, 4) is 0 Å². The van der Waals surface area contributed by atoms with E-state index >= 15 is 0 Å². The molecule has 0 atom stereocenters. The summed E-state index contributed by atoms with van der Waals surface area (Å²) in [6, 6.07) is 8.52. The van der Waals surface area contributed by atoms with E-state index in [0.29, 0.717) is 29.1 Å². The zero-order valence-corrected chi connectivity index (χ0v) is 16.7. The van der Waals surface area contributed by atoms with Crippen LogP contribution in [0.25, 0.3) is 11.0 Å². The van der Waals surface area contributed by atoms with Crippen molar-refractivity contribution in [3.05, 3.63) is 57.6 Å². The van der Waals surface area contributed by atoms with Crippen LogP contribution in [0.2, 0.25) is 0 Å². The number of thioether (sulfide) groups is 1. The van der Waals surface area contributed by atoms with Crippen molar-refractivity contribution in [2.45, 2.75) is 31.4 Å². The van der Waals surface area contributed by atoms with Gasteiger partial charge >= 0.3 is 5.63 Å². The Labute approximate surface area is 170 Å². The van der Waals surface area contributed by atoms with E-state index in [2.05, 4.69) is 15.7 Å². The summed E-state index contributed by atoms with van der Waals surface area (Å²) in [6.07, 6.45) is 0.833. The molecule has 0 bridgehead atoms. The molecule has 4 rings (SSSR count). The van der Waals surface area contributed by atoms with Gasteiger partial charge in [0.15, 0.2) is 0 Å². The smallest absolute Gasteiger partial charge is 0.349 e. The van der Waals surface area contributed by atoms with Crippen LogP contribution in [0.3, 0.4) is 0 Å². The standard InChI is InChI=1S/C20H20N4O4S/c1-2-7-21-17(25)9-24-18(14-10-29-11-15(14)23-24)22-19(26)13-8-12-5-3-4-6-16(12)28-20(13)27/h3-6,8H,2,7,9-11H2,1H3,(H,21,25)(H,22,26). The average molecular weight is 412 g/mol. The summed E-state index contributed by atoms with van der Waals surface area (Å²) >= 11 is 1.69. The molecule has 1 aliphatic rings. The summed E-state index contributed by atoms with van der Waals surface area (Å²) in [5.74, 6) is 1.10. The van der Waals surface area contributed by atoms with Gasteiger partial charge in [-0.15, -0.1) is 0 Å². The Morgan fingerprint density at radius 3 is 2.93 bits per heavy atom. The number of benzene rings is 1. The number of aromatic nitrogens is 2. The van der Waals surface area contributed by atoms with E-state index < -0.39 is 11.5 Å². The van der Waals surface area contributed by atoms with Crippen LogP contribution in [-0.4, -0.2) is 28.1 Å². The fourth-order valence-corrected chi connectivity index (χ4v) is 4.21. The second-order valence-electron chi connectivity index (χ2n) is 6.71. The van der Waals surface area contributed by atoms with E-state index in [4.69, 9.17) is 4.42 Å². The Balaban J connectivity index is 1.63. The number of anilines is 1. The Kier molecular flexibility index (Phi) is 5.39. The molecule has 0 saturated carbocycles. The largest absolute Gasteiger partial charge is 0.422 e. The highest BCUT2D eigenvalue weighted by atomic mass is 32.2. The van der Waals surface area contributed by atoms with Gasteiger partial charge < -0.3 is 15.1 Å². The normalized spacial score (nSPS) is 12.7. The molecular formula is C20H20N4O4S. The third-order valence-corrected chi connectivity index (χ3v) is 5.57. The Morgan fingerprint density at radius 2 is 2.10 bits per heavy atom. The van der Waals surface area contributed by atoms with Crippen molar-refractivity contribution in [1.82, 2.24) is 15.1 Å². The molecule has 0 saturated heterocycles. The van der Waals surface area contributed by atoms with E-state index in [-0.39, 0.29) is 18.0 Å². The van der Waals surface area contributed by atoms with E-state index in [1.54, 1.807) is 36.0 Å². The quantitative estimate of drug-likeness (QED) is 0.603. The number of amides is 2. The van der Waals surface area contributed by atoms with Crippen molar-refractivity contribution in [2.24, 2.45) is 0 Å². The van der Waals surface area contributed by atoms with E-state index in [1.165, 1.54) is 10.7 Å². The number of rotatable bonds is 6. The SMILES string of the molecule is CCCNC(=O)Cn1nc2c(c1NC(=O)c1cc3ccccc3oc1=O)CSC2. The molecule has 0 fully saturated rings. The van der Waals surface area contributed by atoms with Gasteiger partial charge in [0.25, 0.3) is 5.91 Å². The first-order chi connectivity index (χ1) is 14.1. The van der Waals surface area contributed by atoms with E-state index in [1.807, 2.05) is 6.92 Å². The number of carbonyl (C=O) groups is 2. The van der Waals surface area contributed by atoms with Crippen LogP contribution >= 0.6 is 11.8 Å². The molecule has 0 aliphatic carbocycles. The molecule has 3 aromatic rings. The fourth-order valence-electron chi connectivity index (χ4n) is 3.17. The Hall–Kier alpha value is -3.07. The number of para-hydroxylation sites is 1. The number of fused-ring (bicyclic) bond motifs is 2. The highest BCUT2D eigenvalue weighted by molar-refractivity contribution is 7.98. The third kappa shape index (κ3) is 3.91. The summed E-state index contributed by atoms with van der Waals surface area (Å²) in [4.78, 5) is 37.3. The highest BCUT2D eigenvalue weighted by Gasteiger charge is 2.26. The van der Waals surface area contributed by atoms with Crippen LogP contribution in [0, 0.1) is 0 Å². The summed E-state index contributed by atoms with van der Waals surface area (Å²) in [5, 5.41) is 10.7. The van der Waals surface area contributed by atoms with Crippen molar-refractivity contribution in [3.63, 3.8) is 0 Å². The van der Waals surface area contributed by atoms with Gasteiger partial charge in [-0.25, -0.2) is 9.48 Å². The lowest BCUT2D eigenvalue weighted by molar-refractivity contribution is -0.121. The van der Waals surface area contributed by atoms with Gasteiger partial charge in [0, 0.05) is 29.0 Å². The van der Waals surface area contributed by atoms with E-state index in [9.17, 15) is 14.4 Å². The topological polar surface area (TPSA) is 106 Å². The first kappa shape index (κ1) is 19.3. The Bertz CT molecular complexity index is 1150. The molecule has 150 valence electrons. The molecule has 3 heterocycles. The first-order valence-electron chi connectivity index (χ1n) is 9.34. The molecule has 8 nitrogen and oxygen atoms in total. The summed E-state index contributed by atoms with van der Waals surface area (Å²) in [6.45, 7) is 2.55. The number of nitrogens with one attached hydrogen (secondary N) is 2. The molecule has 0 spiro atoms. The maximum Gasteiger partial charge on any atom is 0.349 e. The molecule has 2 amide bonds. The molecule has 1 aliphatic heterocycles. The van der Waals surface area contributed by atoms with Crippen LogP contribution in [0.4, 0.5) is 5.82 Å². The van der Waals surface area contributed by atoms with Crippen LogP contribution in [0.5, 0.6) is 0 Å². The van der Waals surface area contributed by atoms with Crippen molar-refractivity contribution < 1.29 is 14.0 Å². The zero-order valence-electron chi connectivity index (χ0n) is 15.9. The fraction of sp³-hybridized carbons (Fsp3) is 0.300. The molecular weight excluding hydrogens is 392 g/mol. The Morgan fingerprint density at radius 1 is 1.28 bits per heavy atom. The van der Waals surface area contributed by atoms with Crippen molar-refractivity contribution in [2.75, 3.05) is 11.9 Å². The average Bonchev–Trinajstić information content (AvgIpc) is 3.28. The maximum absolute atomic E-state index is 12.9. The third-order valence-electron chi connectivity index (χ3n) is 4.60. The lowest BCUT2D eigenvalue weighted by Crippen LogP contribution is -2.30. The molecule has 9 heteroatoms. The monoisotopic (exact) mass is 412 g/mol. The minimum Gasteiger partial charge on any atom is -0.422 e. The molecule has 1 aromatic carbocycles. The number of nitrogens with zero attached hydrogens (tertiary/aromatic N) is 2. The van der Waals surface area contributed by atoms with Crippen LogP contribution in [-0.2, 0) is 22.8 Å². The lowest BCUT2D eigenvalue weighted by atomic mass is 10.1. The first-order valence-corrected chi connectivity index (χ1v) is 10.5. The van der Waals surface area contributed by atoms with Gasteiger partial charge in [0.1, 0.15) is 23.5 Å². The lowest BCUT2D eigenvalue weighted by Gasteiger charge is -2.11. The number of carbonyl (C=O) groups excluding carboxylic acids is 2. The molecule has 0 unspecified atom stereocenters. The molecule has 0 radical (unpaired) electrons. The van der Waals surface area contributed by atoms with Crippen molar-refractivity contribution in [1.29, 1.82) is 0 Å². The summed E-state index contributed by atoms with van der Waals surface area (Å²) in [5.41, 5.74) is 1.35. The minimum absolute atomic E-state index is 0.000389. The van der Waals surface area contributed by atoms with Crippen LogP contribution < -0.4 is 16.3 Å². The molecule has 2 N–H and O–H groups in total. The van der Waals surface area contributed by atoms with Crippen LogP contribution in [0.15, 0.2) is 39.5 Å². The zero-order chi connectivity index (χ0) is 20.4. The van der Waals surface area contributed by atoms with Gasteiger partial charge in [-0.05, 0) is 18.6 Å². The van der Waals surface area contributed by atoms with Crippen LogP contribution in [0.1, 0.15) is 35.0 Å². The maximum atomic E-state index is 12.9. The predicted molar refractivity (Wildman–Crippen MR) is 111 cm³/mol. The van der Waals surface area contributed by atoms with Gasteiger partial charge in [-0.3, -0.25) is 9.59 Å². The predicted octanol–water partition coefficient (Wildman–Crippen LogP) is 2.51. The second kappa shape index (κ2) is 8.12. The highest BCUT2D eigenvalue weighted by Crippen LogP contribution is 2.34. The number of hydrogen-bond acceptors (Lipinski definition) is 6. The molecule has 29 heavy (non-hydrogen) atoms. The van der Waals surface area contributed by atoms with Crippen molar-refractivity contribution >= 4 is 40.4 Å². The summed E-state index contributed by atoms with van der Waals surface area (Å²) < 4.78 is 6.75. The molecule has 2 aromatic heterocycles. The van der Waals surface area contributed by atoms with Gasteiger partial charge in [0.05, 0.1) is 5.69 Å². The van der Waals surface area contributed by atoms with Gasteiger partial charge in [0.2, 0.25) is 5.91 Å². The van der Waals surface area contributed by atoms with Gasteiger partial charge in [-0.1, -0.05) is 25.1 Å². The van der Waals surface area contributed by atoms with Gasteiger partial charge in [-0.2, -0.15) is 16.9 Å². The second-order valence-corrected chi connectivity index (χ2v) is 7.70. The van der Waals surface area contributed by atoms with E-state index in [0.717, 1.165) is 23.4 Å².